The number of fused-ring (bicyclic) bond motifs is 1. The zero-order chi connectivity index (χ0) is 32.9. The number of unbranched alkanes of at least 4 members (excludes halogenated alkanes) is 4. The summed E-state index contributed by atoms with van der Waals surface area (Å²) in [5, 5.41) is 29.7. The van der Waals surface area contributed by atoms with Gasteiger partial charge in [-0.3, -0.25) is 19.2 Å². The van der Waals surface area contributed by atoms with Crippen LogP contribution in [0, 0.1) is 11.8 Å². The Morgan fingerprint density at radius 3 is 2.25 bits per heavy atom. The minimum atomic E-state index is -3.33. The van der Waals surface area contributed by atoms with Crippen LogP contribution in [0.4, 0.5) is 8.78 Å². The van der Waals surface area contributed by atoms with E-state index < -0.39 is 53.9 Å². The second-order valence-corrected chi connectivity index (χ2v) is 11.7. The Morgan fingerprint density at radius 2 is 1.61 bits per heavy atom. The molecule has 0 bridgehead atoms. The Kier molecular flexibility index (Phi) is 14.9. The molecule has 1 aliphatic rings. The fourth-order valence-electron chi connectivity index (χ4n) is 5.58. The summed E-state index contributed by atoms with van der Waals surface area (Å²) in [6, 6.07) is 11.4. The molecule has 8 nitrogen and oxygen atoms in total. The molecule has 4 atom stereocenters. The smallest absolute Gasteiger partial charge is 0.310 e. The first kappa shape index (κ1) is 36.8. The van der Waals surface area contributed by atoms with Crippen molar-refractivity contribution in [2.24, 2.45) is 11.8 Å². The number of hydrogen-bond acceptors (Lipinski definition) is 6. The number of carboxylic acids is 2. The monoisotopic (exact) mass is 620 g/mol. The lowest BCUT2D eigenvalue weighted by atomic mass is 9.85. The maximum atomic E-state index is 13.8. The van der Waals surface area contributed by atoms with Crippen molar-refractivity contribution in [2.45, 2.75) is 109 Å². The number of carboxylic acid groups (broad SMARTS) is 2. The molecule has 1 saturated carbocycles. The number of aliphatic hydroxyl groups is 1. The van der Waals surface area contributed by atoms with Gasteiger partial charge in [-0.05, 0) is 67.0 Å². The summed E-state index contributed by atoms with van der Waals surface area (Å²) in [5.41, 5.74) is 0.815. The number of rotatable bonds is 17. The topological polar surface area (TPSA) is 138 Å². The molecule has 10 heteroatoms. The molecule has 44 heavy (non-hydrogen) atoms. The summed E-state index contributed by atoms with van der Waals surface area (Å²) < 4.78 is 32.8. The number of aliphatic hydroxyl groups excluding tert-OH is 1. The maximum Gasteiger partial charge on any atom is 0.310 e. The van der Waals surface area contributed by atoms with Crippen molar-refractivity contribution >= 4 is 34.3 Å². The zero-order valence-electron chi connectivity index (χ0n) is 25.9. The number of Topliss-reactive ketones (excluding diaryl/α,β-unsaturated/α-hetero) is 2. The number of alkyl halides is 2. The zero-order valence-corrected chi connectivity index (χ0v) is 25.9. The van der Waals surface area contributed by atoms with Gasteiger partial charge in [-0.25, -0.2) is 0 Å². The fourth-order valence-corrected chi connectivity index (χ4v) is 5.58. The summed E-state index contributed by atoms with van der Waals surface area (Å²) >= 11 is 0. The number of carbonyl (C=O) groups is 4. The van der Waals surface area contributed by atoms with Gasteiger partial charge in [0.2, 0.25) is 5.78 Å². The minimum absolute atomic E-state index is 0.0226. The summed E-state index contributed by atoms with van der Waals surface area (Å²) in [5.74, 6) is -6.65. The predicted octanol–water partition coefficient (Wildman–Crippen LogP) is 7.19. The van der Waals surface area contributed by atoms with Gasteiger partial charge < -0.3 is 20.1 Å². The standard InChI is InChI=1S/C20H32F2O5.C14H14O3/c1-2-3-12-20(21,22)18(25)11-10-15-14(16(23)13-17(15)24)8-6-4-5-7-9-19(26)27;1-9(14(15)16)10-3-4-12-8-13(17-2)6-5-11(12)7-10/h14-15,17,24H,2-13H2,1H3,(H,26,27);3-9H,1-2H3,(H,15,16)/t14-,15-,17-;9-/m10/s1. The molecule has 0 saturated heterocycles. The summed E-state index contributed by atoms with van der Waals surface area (Å²) in [6.07, 6.45) is 2.89. The van der Waals surface area contributed by atoms with Crippen LogP contribution in [0.15, 0.2) is 36.4 Å². The van der Waals surface area contributed by atoms with Crippen LogP contribution in [0.2, 0.25) is 0 Å². The molecule has 0 aliphatic heterocycles. The molecule has 3 N–H and O–H groups in total. The third kappa shape index (κ3) is 11.3. The van der Waals surface area contributed by atoms with Crippen LogP contribution in [-0.4, -0.2) is 58.0 Å². The molecule has 2 aromatic rings. The third-order valence-electron chi connectivity index (χ3n) is 8.39. The van der Waals surface area contributed by atoms with Gasteiger partial charge in [0, 0.05) is 31.6 Å². The van der Waals surface area contributed by atoms with E-state index in [0.29, 0.717) is 19.3 Å². The highest BCUT2D eigenvalue weighted by Crippen LogP contribution is 2.37. The number of aliphatic carboxylic acids is 2. The van der Waals surface area contributed by atoms with E-state index in [0.717, 1.165) is 41.3 Å². The number of hydrogen-bond donors (Lipinski definition) is 3. The van der Waals surface area contributed by atoms with Crippen LogP contribution in [0.25, 0.3) is 10.8 Å². The van der Waals surface area contributed by atoms with E-state index in [9.17, 15) is 33.1 Å². The Labute approximate surface area is 257 Å². The molecule has 244 valence electrons. The first-order valence-corrected chi connectivity index (χ1v) is 15.4. The third-order valence-corrected chi connectivity index (χ3v) is 8.39. The lowest BCUT2D eigenvalue weighted by Gasteiger charge is -2.22. The molecular weight excluding hydrogens is 574 g/mol. The Hall–Kier alpha value is -3.40. The van der Waals surface area contributed by atoms with Gasteiger partial charge in [-0.15, -0.1) is 0 Å². The van der Waals surface area contributed by atoms with Gasteiger partial charge in [-0.1, -0.05) is 56.9 Å². The number of halogens is 2. The SMILES string of the molecule is CCCCC(F)(F)C(=O)CC[C@H]1[C@H](O)CC(=O)[C@@H]1CCCCCCC(=O)O.COc1ccc2cc([C@H](C)C(=O)O)ccc2c1. The second-order valence-electron chi connectivity index (χ2n) is 11.7. The number of benzene rings is 2. The second kappa shape index (κ2) is 17.8. The number of ether oxygens (including phenoxy) is 1. The number of ketones is 2. The van der Waals surface area contributed by atoms with E-state index in [-0.39, 0.29) is 37.9 Å². The van der Waals surface area contributed by atoms with Gasteiger partial charge in [0.25, 0.3) is 0 Å². The van der Waals surface area contributed by atoms with Crippen molar-refractivity contribution in [2.75, 3.05) is 7.11 Å². The van der Waals surface area contributed by atoms with Crippen LogP contribution in [0.1, 0.15) is 102 Å². The lowest BCUT2D eigenvalue weighted by Crippen LogP contribution is -2.30. The molecule has 0 unspecified atom stereocenters. The first-order chi connectivity index (χ1) is 20.8. The van der Waals surface area contributed by atoms with Crippen molar-refractivity contribution < 1.29 is 48.0 Å². The van der Waals surface area contributed by atoms with E-state index in [4.69, 9.17) is 14.9 Å². The Bertz CT molecular complexity index is 1260. The predicted molar refractivity (Wildman–Crippen MR) is 163 cm³/mol. The van der Waals surface area contributed by atoms with E-state index in [1.54, 1.807) is 21.0 Å². The van der Waals surface area contributed by atoms with Crippen molar-refractivity contribution in [3.8, 4) is 5.75 Å². The largest absolute Gasteiger partial charge is 0.497 e. The van der Waals surface area contributed by atoms with Crippen molar-refractivity contribution in [1.29, 1.82) is 0 Å². The van der Waals surface area contributed by atoms with Gasteiger partial charge in [-0.2, -0.15) is 8.78 Å². The van der Waals surface area contributed by atoms with E-state index in [1.807, 2.05) is 36.4 Å². The molecule has 0 aromatic heterocycles. The van der Waals surface area contributed by atoms with E-state index in [2.05, 4.69) is 0 Å². The molecule has 1 fully saturated rings. The van der Waals surface area contributed by atoms with Crippen LogP contribution < -0.4 is 4.74 Å². The van der Waals surface area contributed by atoms with Gasteiger partial charge >= 0.3 is 17.9 Å². The Balaban J connectivity index is 0.000000338. The quantitative estimate of drug-likeness (QED) is 0.158. The van der Waals surface area contributed by atoms with Crippen LogP contribution in [0.3, 0.4) is 0 Å². The molecule has 2 aromatic carbocycles. The number of carbonyl (C=O) groups excluding carboxylic acids is 2. The first-order valence-electron chi connectivity index (χ1n) is 15.4. The molecule has 0 amide bonds. The summed E-state index contributed by atoms with van der Waals surface area (Å²) in [6.45, 7) is 3.47. The number of methoxy groups -OCH3 is 1. The normalized spacial score (nSPS) is 18.9. The molecule has 0 radical (unpaired) electrons. The highest BCUT2D eigenvalue weighted by atomic mass is 19.3. The highest BCUT2D eigenvalue weighted by molar-refractivity contribution is 5.87. The van der Waals surface area contributed by atoms with Crippen LogP contribution in [0.5, 0.6) is 5.75 Å². The fraction of sp³-hybridized carbons (Fsp3) is 0.588. The van der Waals surface area contributed by atoms with Gasteiger partial charge in [0.1, 0.15) is 11.5 Å². The van der Waals surface area contributed by atoms with Crippen LogP contribution >= 0.6 is 0 Å². The summed E-state index contributed by atoms with van der Waals surface area (Å²) in [7, 11) is 1.63. The average Bonchev–Trinajstić information content (AvgIpc) is 3.26. The molecule has 0 spiro atoms. The van der Waals surface area contributed by atoms with Crippen molar-refractivity contribution in [3.63, 3.8) is 0 Å². The summed E-state index contributed by atoms with van der Waals surface area (Å²) in [4.78, 5) is 45.3. The lowest BCUT2D eigenvalue weighted by molar-refractivity contribution is -0.144. The maximum absolute atomic E-state index is 13.8. The van der Waals surface area contributed by atoms with Crippen molar-refractivity contribution in [3.05, 3.63) is 42.0 Å². The average molecular weight is 621 g/mol. The molecule has 3 rings (SSSR count). The molecule has 0 heterocycles. The molecular formula is C34H46F2O8. The van der Waals surface area contributed by atoms with Gasteiger partial charge in [0.15, 0.2) is 0 Å². The molecule has 1 aliphatic carbocycles. The Morgan fingerprint density at radius 1 is 0.955 bits per heavy atom. The van der Waals surface area contributed by atoms with E-state index >= 15 is 0 Å². The highest BCUT2D eigenvalue weighted by Gasteiger charge is 2.43. The minimum Gasteiger partial charge on any atom is -0.497 e. The van der Waals surface area contributed by atoms with Crippen LogP contribution in [-0.2, 0) is 19.2 Å². The van der Waals surface area contributed by atoms with Gasteiger partial charge in [0.05, 0.1) is 19.1 Å². The van der Waals surface area contributed by atoms with E-state index in [1.165, 1.54) is 0 Å². The van der Waals surface area contributed by atoms with Crippen molar-refractivity contribution in [1.82, 2.24) is 0 Å².